The quantitative estimate of drug-likeness (QED) is 0.268. The molecule has 0 aliphatic heterocycles. The molecule has 0 radical (unpaired) electrons. The molecule has 3 rings (SSSR count). The van der Waals surface area contributed by atoms with Crippen LogP contribution < -0.4 is 4.74 Å². The van der Waals surface area contributed by atoms with Crippen LogP contribution >= 0.6 is 0 Å². The molecule has 0 unspecified atom stereocenters. The van der Waals surface area contributed by atoms with Gasteiger partial charge in [0.05, 0.1) is 12.3 Å². The van der Waals surface area contributed by atoms with Crippen molar-refractivity contribution in [3.05, 3.63) is 41.7 Å². The van der Waals surface area contributed by atoms with Gasteiger partial charge in [-0.25, -0.2) is 4.39 Å². The minimum Gasteiger partial charge on any atom is -0.477 e. The van der Waals surface area contributed by atoms with Crippen molar-refractivity contribution in [1.29, 1.82) is 0 Å². The van der Waals surface area contributed by atoms with Gasteiger partial charge in [-0.3, -0.25) is 0 Å². The lowest BCUT2D eigenvalue weighted by atomic mass is 9.77. The zero-order valence-electron chi connectivity index (χ0n) is 20.8. The van der Waals surface area contributed by atoms with Gasteiger partial charge in [0.1, 0.15) is 5.82 Å². The van der Waals surface area contributed by atoms with Crippen LogP contribution in [-0.4, -0.2) is 16.8 Å². The minimum atomic E-state index is -0.127. The third-order valence-corrected chi connectivity index (χ3v) is 7.24. The fourth-order valence-corrected chi connectivity index (χ4v) is 4.99. The minimum absolute atomic E-state index is 0.127. The number of hydrogen-bond donors (Lipinski definition) is 0. The smallest absolute Gasteiger partial charge is 0.233 e. The normalized spacial score (nSPS) is 18.4. The fourth-order valence-electron chi connectivity index (χ4n) is 4.99. The number of ether oxygens (including phenoxy) is 1. The molecule has 3 nitrogen and oxygen atoms in total. The van der Waals surface area contributed by atoms with Gasteiger partial charge in [-0.15, -0.1) is 10.2 Å². The number of aryl methyl sites for hydroxylation is 1. The average Bonchev–Trinajstić information content (AvgIpc) is 2.84. The Morgan fingerprint density at radius 1 is 0.818 bits per heavy atom. The van der Waals surface area contributed by atoms with Crippen molar-refractivity contribution in [2.75, 3.05) is 6.61 Å². The highest BCUT2D eigenvalue weighted by molar-refractivity contribution is 5.59. The summed E-state index contributed by atoms with van der Waals surface area (Å²) in [4.78, 5) is 0. The predicted octanol–water partition coefficient (Wildman–Crippen LogP) is 8.56. The summed E-state index contributed by atoms with van der Waals surface area (Å²) in [6.45, 7) is 5.05. The lowest BCUT2D eigenvalue weighted by Gasteiger charge is -2.28. The summed E-state index contributed by atoms with van der Waals surface area (Å²) < 4.78 is 20.4. The van der Waals surface area contributed by atoms with E-state index in [4.69, 9.17) is 4.74 Å². The van der Waals surface area contributed by atoms with Gasteiger partial charge in [-0.2, -0.15) is 0 Å². The molecule has 1 aromatic heterocycles. The fraction of sp³-hybridized carbons (Fsp3) is 0.655. The highest BCUT2D eigenvalue weighted by atomic mass is 19.1. The van der Waals surface area contributed by atoms with Crippen molar-refractivity contribution in [3.63, 3.8) is 0 Å². The first-order valence-electron chi connectivity index (χ1n) is 13.4. The third kappa shape index (κ3) is 8.72. The van der Waals surface area contributed by atoms with Crippen LogP contribution in [0.25, 0.3) is 11.3 Å². The molecule has 0 N–H and O–H groups in total. The molecule has 1 aliphatic rings. The van der Waals surface area contributed by atoms with E-state index in [0.29, 0.717) is 18.2 Å². The van der Waals surface area contributed by atoms with Gasteiger partial charge in [-0.05, 0) is 48.8 Å². The zero-order valence-corrected chi connectivity index (χ0v) is 20.8. The van der Waals surface area contributed by atoms with Crippen molar-refractivity contribution in [1.82, 2.24) is 10.2 Å². The highest BCUT2D eigenvalue weighted by Crippen LogP contribution is 2.34. The maximum Gasteiger partial charge on any atom is 0.233 e. The van der Waals surface area contributed by atoms with E-state index in [1.165, 1.54) is 64.2 Å². The van der Waals surface area contributed by atoms with E-state index in [1.54, 1.807) is 6.07 Å². The van der Waals surface area contributed by atoms with Crippen LogP contribution in [0.5, 0.6) is 5.88 Å². The largest absolute Gasteiger partial charge is 0.477 e. The molecule has 0 spiro atoms. The first-order valence-corrected chi connectivity index (χ1v) is 13.4. The second kappa shape index (κ2) is 14.3. The molecule has 4 heteroatoms. The molecule has 0 atom stereocenters. The summed E-state index contributed by atoms with van der Waals surface area (Å²) >= 11 is 0. The van der Waals surface area contributed by atoms with E-state index in [2.05, 4.69) is 24.0 Å². The Morgan fingerprint density at radius 3 is 2.21 bits per heavy atom. The Hall–Kier alpha value is -1.97. The van der Waals surface area contributed by atoms with Gasteiger partial charge in [0.25, 0.3) is 0 Å². The van der Waals surface area contributed by atoms with Crippen molar-refractivity contribution in [3.8, 4) is 17.1 Å². The maximum absolute atomic E-state index is 14.8. The van der Waals surface area contributed by atoms with Crippen molar-refractivity contribution in [2.45, 2.75) is 104 Å². The van der Waals surface area contributed by atoms with Crippen LogP contribution in [-0.2, 0) is 6.42 Å². The molecule has 0 bridgehead atoms. The maximum atomic E-state index is 14.8. The van der Waals surface area contributed by atoms with E-state index in [0.717, 1.165) is 48.6 Å². The Balaban J connectivity index is 1.41. The third-order valence-electron chi connectivity index (χ3n) is 7.24. The second-order valence-corrected chi connectivity index (χ2v) is 9.89. The summed E-state index contributed by atoms with van der Waals surface area (Å²) in [6.07, 6.45) is 17.7. The van der Waals surface area contributed by atoms with Gasteiger partial charge in [0.15, 0.2) is 0 Å². The van der Waals surface area contributed by atoms with Crippen LogP contribution in [0.2, 0.25) is 0 Å². The Morgan fingerprint density at radius 2 is 1.55 bits per heavy atom. The summed E-state index contributed by atoms with van der Waals surface area (Å²) in [7, 11) is 0. The van der Waals surface area contributed by atoms with E-state index < -0.39 is 0 Å². The molecule has 1 aliphatic carbocycles. The number of rotatable bonds is 14. The molecule has 0 amide bonds. The molecule has 1 heterocycles. The number of nitrogens with zero attached hydrogens (tertiary/aromatic N) is 2. The number of unbranched alkanes of at least 4 members (excludes halogenated alkanes) is 5. The first-order chi connectivity index (χ1) is 16.2. The predicted molar refractivity (Wildman–Crippen MR) is 135 cm³/mol. The molecule has 33 heavy (non-hydrogen) atoms. The molecule has 2 aromatic rings. The van der Waals surface area contributed by atoms with Crippen LogP contribution in [0.3, 0.4) is 0 Å². The molecular formula is C29H43FN2O. The lowest BCUT2D eigenvalue weighted by molar-refractivity contribution is 0.248. The van der Waals surface area contributed by atoms with Gasteiger partial charge in [-0.1, -0.05) is 96.6 Å². The topological polar surface area (TPSA) is 35.0 Å². The summed E-state index contributed by atoms with van der Waals surface area (Å²) in [6, 6.07) is 9.16. The average molecular weight is 455 g/mol. The van der Waals surface area contributed by atoms with Crippen molar-refractivity contribution < 1.29 is 9.13 Å². The molecule has 1 saturated carbocycles. The van der Waals surface area contributed by atoms with Crippen LogP contribution in [0.4, 0.5) is 4.39 Å². The van der Waals surface area contributed by atoms with Crippen LogP contribution in [0.1, 0.15) is 103 Å². The molecule has 182 valence electrons. The van der Waals surface area contributed by atoms with Crippen LogP contribution in [0.15, 0.2) is 30.3 Å². The zero-order chi connectivity index (χ0) is 23.3. The van der Waals surface area contributed by atoms with E-state index in [1.807, 2.05) is 24.3 Å². The monoisotopic (exact) mass is 454 g/mol. The van der Waals surface area contributed by atoms with Crippen LogP contribution in [0, 0.1) is 17.7 Å². The summed E-state index contributed by atoms with van der Waals surface area (Å²) in [5, 5.41) is 8.34. The van der Waals surface area contributed by atoms with Crippen molar-refractivity contribution >= 4 is 0 Å². The molecular weight excluding hydrogens is 411 g/mol. The first kappa shape index (κ1) is 25.6. The Labute approximate surface area is 200 Å². The van der Waals surface area contributed by atoms with Gasteiger partial charge in [0, 0.05) is 11.6 Å². The van der Waals surface area contributed by atoms with Gasteiger partial charge < -0.3 is 4.74 Å². The second-order valence-electron chi connectivity index (χ2n) is 9.89. The molecule has 0 saturated heterocycles. The van der Waals surface area contributed by atoms with Crippen molar-refractivity contribution in [2.24, 2.45) is 11.8 Å². The Bertz CT molecular complexity index is 800. The van der Waals surface area contributed by atoms with E-state index in [9.17, 15) is 4.39 Å². The number of aromatic nitrogens is 2. The molecule has 1 fully saturated rings. The standard InChI is InChI=1S/C29H43FN2O/c1-3-5-7-8-9-10-23-11-13-24(14-12-23)15-16-25-17-18-26(22-27(25)30)28-19-20-29(32-31-28)33-21-6-4-2/h17-20,22-24H,3-16,21H2,1-2H3. The summed E-state index contributed by atoms with van der Waals surface area (Å²) in [5.41, 5.74) is 2.27. The summed E-state index contributed by atoms with van der Waals surface area (Å²) in [5.74, 6) is 2.09. The van der Waals surface area contributed by atoms with E-state index in [-0.39, 0.29) is 5.82 Å². The SMILES string of the molecule is CCCCCCCC1CCC(CCc2ccc(-c3ccc(OCCCC)nn3)cc2F)CC1. The lowest BCUT2D eigenvalue weighted by Crippen LogP contribution is -2.15. The number of hydrogen-bond acceptors (Lipinski definition) is 3. The highest BCUT2D eigenvalue weighted by Gasteiger charge is 2.21. The number of benzene rings is 1. The Kier molecular flexibility index (Phi) is 11.1. The molecule has 1 aromatic carbocycles. The van der Waals surface area contributed by atoms with E-state index >= 15 is 0 Å². The number of halogens is 1. The van der Waals surface area contributed by atoms with Gasteiger partial charge in [0.2, 0.25) is 5.88 Å². The van der Waals surface area contributed by atoms with Gasteiger partial charge >= 0.3 is 0 Å².